The summed E-state index contributed by atoms with van der Waals surface area (Å²) in [5, 5.41) is 1.81. The summed E-state index contributed by atoms with van der Waals surface area (Å²) >= 11 is 1.33. The van der Waals surface area contributed by atoms with Gasteiger partial charge in [0.1, 0.15) is 0 Å². The first-order valence-corrected chi connectivity index (χ1v) is 3.65. The van der Waals surface area contributed by atoms with Gasteiger partial charge in [-0.3, -0.25) is 5.43 Å². The van der Waals surface area contributed by atoms with Crippen LogP contribution in [0.5, 0.6) is 0 Å². The number of rotatable bonds is 0. The molecule has 0 aromatic heterocycles. The van der Waals surface area contributed by atoms with Gasteiger partial charge in [0, 0.05) is 37.7 Å². The second kappa shape index (κ2) is 2.83. The Morgan fingerprint density at radius 1 is 1.70 bits per heavy atom. The minimum absolute atomic E-state index is 0.0602. The fourth-order valence-corrected chi connectivity index (χ4v) is 1.12. The number of nitrogens with zero attached hydrogens (tertiary/aromatic N) is 2. The second-order valence-electron chi connectivity index (χ2n) is 2.01. The number of carbonyl (C=O) groups is 1. The Morgan fingerprint density at radius 3 is 2.80 bits per heavy atom. The quantitative estimate of drug-likeness (QED) is 0.526. The van der Waals surface area contributed by atoms with E-state index < -0.39 is 0 Å². The third-order valence-electron chi connectivity index (χ3n) is 0.982. The number of hydrazine groups is 1. The van der Waals surface area contributed by atoms with E-state index in [2.05, 4.69) is 5.43 Å². The lowest BCUT2D eigenvalue weighted by Gasteiger charge is -2.18. The van der Waals surface area contributed by atoms with Gasteiger partial charge in [-0.25, -0.2) is 4.79 Å². The molecule has 2 amide bonds. The molecule has 0 spiro atoms. The van der Waals surface area contributed by atoms with Crippen molar-refractivity contribution in [3.63, 3.8) is 0 Å². The maximum atomic E-state index is 11.1. The molecule has 10 heavy (non-hydrogen) atoms. The first kappa shape index (κ1) is 7.27. The third kappa shape index (κ3) is 1.36. The Hall–Kier alpha value is -0.840. The van der Waals surface area contributed by atoms with E-state index in [9.17, 15) is 4.79 Å². The van der Waals surface area contributed by atoms with Crippen molar-refractivity contribution in [1.29, 1.82) is 0 Å². The Morgan fingerprint density at radius 2 is 2.40 bits per heavy atom. The molecule has 0 aromatic carbocycles. The van der Waals surface area contributed by atoms with Crippen molar-refractivity contribution >= 4 is 18.0 Å². The van der Waals surface area contributed by atoms with Gasteiger partial charge in [0.05, 0.1) is 0 Å². The molecule has 1 aliphatic heterocycles. The standard InChI is InChI=1S/C5H9N3OS/c1-7(2)5(9)8-6-3-4-10-8/h3-4,6H,1-2H3. The number of nitrogens with one attached hydrogen (secondary N) is 1. The predicted molar refractivity (Wildman–Crippen MR) is 40.8 cm³/mol. The van der Waals surface area contributed by atoms with E-state index in [1.54, 1.807) is 25.7 Å². The van der Waals surface area contributed by atoms with Crippen LogP contribution in [0.4, 0.5) is 4.79 Å². The summed E-state index contributed by atoms with van der Waals surface area (Å²) in [6, 6.07) is -0.0602. The molecule has 5 heteroatoms. The molecule has 0 atom stereocenters. The molecule has 0 radical (unpaired) electrons. The maximum Gasteiger partial charge on any atom is 0.348 e. The highest BCUT2D eigenvalue weighted by atomic mass is 32.2. The van der Waals surface area contributed by atoms with Crippen molar-refractivity contribution in [2.45, 2.75) is 0 Å². The average molecular weight is 159 g/mol. The van der Waals surface area contributed by atoms with Gasteiger partial charge in [-0.05, 0) is 0 Å². The molecule has 1 rings (SSSR count). The lowest BCUT2D eigenvalue weighted by molar-refractivity contribution is 0.194. The highest BCUT2D eigenvalue weighted by molar-refractivity contribution is 8.00. The first-order chi connectivity index (χ1) is 4.72. The maximum absolute atomic E-state index is 11.1. The molecule has 0 aromatic rings. The Kier molecular flexibility index (Phi) is 2.06. The molecule has 0 fully saturated rings. The van der Waals surface area contributed by atoms with Crippen LogP contribution < -0.4 is 5.43 Å². The van der Waals surface area contributed by atoms with Gasteiger partial charge in [0.25, 0.3) is 0 Å². The summed E-state index contributed by atoms with van der Waals surface area (Å²) < 4.78 is 1.44. The van der Waals surface area contributed by atoms with E-state index in [1.807, 2.05) is 0 Å². The summed E-state index contributed by atoms with van der Waals surface area (Å²) in [7, 11) is 3.42. The zero-order valence-corrected chi connectivity index (χ0v) is 6.68. The van der Waals surface area contributed by atoms with Gasteiger partial charge >= 0.3 is 6.03 Å². The van der Waals surface area contributed by atoms with Crippen molar-refractivity contribution in [2.24, 2.45) is 0 Å². The molecule has 1 heterocycles. The zero-order valence-electron chi connectivity index (χ0n) is 5.87. The van der Waals surface area contributed by atoms with Gasteiger partial charge in [0.15, 0.2) is 0 Å². The van der Waals surface area contributed by atoms with Crippen LogP contribution in [0.25, 0.3) is 0 Å². The molecule has 0 bridgehead atoms. The van der Waals surface area contributed by atoms with Crippen LogP contribution in [-0.4, -0.2) is 29.4 Å². The molecule has 0 aliphatic carbocycles. The van der Waals surface area contributed by atoms with Crippen LogP contribution in [0, 0.1) is 0 Å². The van der Waals surface area contributed by atoms with E-state index in [-0.39, 0.29) is 6.03 Å². The minimum Gasteiger partial charge on any atom is -0.329 e. The topological polar surface area (TPSA) is 35.6 Å². The van der Waals surface area contributed by atoms with E-state index >= 15 is 0 Å². The van der Waals surface area contributed by atoms with Crippen molar-refractivity contribution in [3.8, 4) is 0 Å². The summed E-state index contributed by atoms with van der Waals surface area (Å²) in [6.07, 6.45) is 1.71. The van der Waals surface area contributed by atoms with Gasteiger partial charge in [-0.15, -0.1) is 0 Å². The average Bonchev–Trinajstić information content (AvgIpc) is 2.36. The van der Waals surface area contributed by atoms with Crippen LogP contribution in [0.2, 0.25) is 0 Å². The van der Waals surface area contributed by atoms with Gasteiger partial charge < -0.3 is 4.90 Å². The van der Waals surface area contributed by atoms with Crippen LogP contribution >= 0.6 is 11.9 Å². The van der Waals surface area contributed by atoms with Crippen LogP contribution in [0.3, 0.4) is 0 Å². The smallest absolute Gasteiger partial charge is 0.329 e. The summed E-state index contributed by atoms with van der Waals surface area (Å²) in [6.45, 7) is 0. The minimum atomic E-state index is -0.0602. The molecular formula is C5H9N3OS. The van der Waals surface area contributed by atoms with Crippen LogP contribution in [-0.2, 0) is 0 Å². The largest absolute Gasteiger partial charge is 0.348 e. The Labute approximate surface area is 64.0 Å². The molecular weight excluding hydrogens is 150 g/mol. The zero-order chi connectivity index (χ0) is 7.56. The fourth-order valence-electron chi connectivity index (χ4n) is 0.502. The SMILES string of the molecule is CN(C)C(=O)N1NC=CS1. The molecule has 0 saturated carbocycles. The third-order valence-corrected chi connectivity index (χ3v) is 1.71. The summed E-state index contributed by atoms with van der Waals surface area (Å²) in [5.41, 5.74) is 2.76. The van der Waals surface area contributed by atoms with E-state index in [4.69, 9.17) is 0 Å². The van der Waals surface area contributed by atoms with Gasteiger partial charge in [-0.1, -0.05) is 0 Å². The second-order valence-corrected chi connectivity index (χ2v) is 2.86. The van der Waals surface area contributed by atoms with E-state index in [0.29, 0.717) is 0 Å². The molecule has 1 aliphatic rings. The molecule has 4 nitrogen and oxygen atoms in total. The van der Waals surface area contributed by atoms with Gasteiger partial charge in [0.2, 0.25) is 0 Å². The first-order valence-electron chi connectivity index (χ1n) is 2.81. The number of urea groups is 1. The highest BCUT2D eigenvalue weighted by Crippen LogP contribution is 2.14. The Bertz CT molecular complexity index is 160. The molecule has 1 N–H and O–H groups in total. The lowest BCUT2D eigenvalue weighted by Crippen LogP contribution is -2.38. The molecule has 0 saturated heterocycles. The fraction of sp³-hybridized carbons (Fsp3) is 0.400. The van der Waals surface area contributed by atoms with E-state index in [1.165, 1.54) is 21.3 Å². The lowest BCUT2D eigenvalue weighted by atomic mass is 10.8. The highest BCUT2D eigenvalue weighted by Gasteiger charge is 2.16. The predicted octanol–water partition coefficient (Wildman–Crippen LogP) is 0.608. The summed E-state index contributed by atoms with van der Waals surface area (Å²) in [5.74, 6) is 0. The van der Waals surface area contributed by atoms with Crippen molar-refractivity contribution in [3.05, 3.63) is 11.6 Å². The number of hydrogen-bond acceptors (Lipinski definition) is 3. The van der Waals surface area contributed by atoms with Crippen LogP contribution in [0.1, 0.15) is 0 Å². The normalized spacial score (nSPS) is 15.2. The van der Waals surface area contributed by atoms with Crippen molar-refractivity contribution in [2.75, 3.05) is 14.1 Å². The Balaban J connectivity index is 2.43. The van der Waals surface area contributed by atoms with Crippen LogP contribution in [0.15, 0.2) is 11.6 Å². The van der Waals surface area contributed by atoms with Gasteiger partial charge in [-0.2, -0.15) is 4.41 Å². The number of amides is 2. The summed E-state index contributed by atoms with van der Waals surface area (Å²) in [4.78, 5) is 12.6. The van der Waals surface area contributed by atoms with Crippen molar-refractivity contribution < 1.29 is 4.79 Å². The molecule has 56 valence electrons. The number of hydrogen-bond donors (Lipinski definition) is 1. The monoisotopic (exact) mass is 159 g/mol. The van der Waals surface area contributed by atoms with E-state index in [0.717, 1.165) is 0 Å². The number of carbonyl (C=O) groups excluding carboxylic acids is 1. The van der Waals surface area contributed by atoms with Crippen molar-refractivity contribution in [1.82, 2.24) is 14.7 Å². The molecule has 0 unspecified atom stereocenters.